The van der Waals surface area contributed by atoms with Crippen LogP contribution in [0.3, 0.4) is 0 Å². The molecule has 0 aliphatic rings. The van der Waals surface area contributed by atoms with Crippen molar-refractivity contribution in [1.82, 2.24) is 4.72 Å². The van der Waals surface area contributed by atoms with E-state index in [4.69, 9.17) is 10.7 Å². The predicted octanol–water partition coefficient (Wildman–Crippen LogP) is 1.69. The molecular weight excluding hydrogens is 322 g/mol. The Morgan fingerprint density at radius 1 is 0.950 bits per heavy atom. The number of hydrogen-bond donors (Lipinski definition) is 1. The van der Waals surface area contributed by atoms with Crippen LogP contribution in [0.4, 0.5) is 0 Å². The Hall–Kier alpha value is -1.15. The second-order valence-corrected chi connectivity index (χ2v) is 8.75. The first kappa shape index (κ1) is 15.2. The van der Waals surface area contributed by atoms with Gasteiger partial charge in [-0.3, -0.25) is 0 Å². The van der Waals surface area contributed by atoms with Gasteiger partial charge in [0, 0.05) is 22.6 Å². The van der Waals surface area contributed by atoms with Crippen LogP contribution in [-0.2, 0) is 19.1 Å². The number of fused-ring (bicyclic) bond motifs is 1. The summed E-state index contributed by atoms with van der Waals surface area (Å²) in [6.07, 6.45) is 0. The molecule has 2 rings (SSSR count). The van der Waals surface area contributed by atoms with Gasteiger partial charge in [-0.05, 0) is 11.5 Å². The molecule has 2 aromatic carbocycles. The zero-order valence-electron chi connectivity index (χ0n) is 10.3. The molecular formula is C12H12ClNO4S2. The molecule has 1 N–H and O–H groups in total. The Labute approximate surface area is 122 Å². The van der Waals surface area contributed by atoms with Crippen LogP contribution in [0, 0.1) is 0 Å². The molecule has 0 saturated heterocycles. The number of sulfonamides is 1. The van der Waals surface area contributed by atoms with Gasteiger partial charge in [-0.25, -0.2) is 21.6 Å². The lowest BCUT2D eigenvalue weighted by Gasteiger charge is -2.08. The fourth-order valence-electron chi connectivity index (χ4n) is 1.81. The number of halogens is 1. The first-order valence-electron chi connectivity index (χ1n) is 5.69. The highest BCUT2D eigenvalue weighted by molar-refractivity contribution is 8.13. The first-order chi connectivity index (χ1) is 9.30. The summed E-state index contributed by atoms with van der Waals surface area (Å²) >= 11 is 0. The van der Waals surface area contributed by atoms with Gasteiger partial charge in [0.1, 0.15) is 0 Å². The molecule has 0 aliphatic carbocycles. The second kappa shape index (κ2) is 5.69. The Balaban J connectivity index is 2.33. The van der Waals surface area contributed by atoms with Gasteiger partial charge >= 0.3 is 0 Å². The summed E-state index contributed by atoms with van der Waals surface area (Å²) < 4.78 is 48.2. The number of benzene rings is 2. The lowest BCUT2D eigenvalue weighted by atomic mass is 10.1. The van der Waals surface area contributed by atoms with Crippen LogP contribution in [0.2, 0.25) is 0 Å². The Bertz CT molecular complexity index is 826. The van der Waals surface area contributed by atoms with Crippen LogP contribution in [0.25, 0.3) is 10.8 Å². The van der Waals surface area contributed by atoms with E-state index in [-0.39, 0.29) is 11.4 Å². The summed E-state index contributed by atoms with van der Waals surface area (Å²) in [6.45, 7) is -0.266. The fourth-order valence-corrected chi connectivity index (χ4v) is 3.77. The molecule has 0 atom stereocenters. The van der Waals surface area contributed by atoms with E-state index in [1.165, 1.54) is 6.07 Å². The van der Waals surface area contributed by atoms with Gasteiger partial charge < -0.3 is 0 Å². The summed E-state index contributed by atoms with van der Waals surface area (Å²) in [5.41, 5.74) is 0. The minimum atomic E-state index is -3.78. The van der Waals surface area contributed by atoms with Crippen molar-refractivity contribution in [2.75, 3.05) is 12.3 Å². The van der Waals surface area contributed by atoms with E-state index in [2.05, 4.69) is 4.72 Å². The molecule has 0 saturated carbocycles. The van der Waals surface area contributed by atoms with Crippen molar-refractivity contribution in [3.8, 4) is 0 Å². The molecule has 20 heavy (non-hydrogen) atoms. The highest BCUT2D eigenvalue weighted by Crippen LogP contribution is 2.22. The molecule has 0 fully saturated rings. The topological polar surface area (TPSA) is 80.3 Å². The molecule has 0 heterocycles. The second-order valence-electron chi connectivity index (χ2n) is 4.12. The quantitative estimate of drug-likeness (QED) is 0.844. The highest BCUT2D eigenvalue weighted by atomic mass is 35.7. The van der Waals surface area contributed by atoms with E-state index in [9.17, 15) is 16.8 Å². The Morgan fingerprint density at radius 3 is 2.30 bits per heavy atom. The molecule has 0 radical (unpaired) electrons. The number of rotatable bonds is 5. The summed E-state index contributed by atoms with van der Waals surface area (Å²) in [5, 5.41) is 1.37. The van der Waals surface area contributed by atoms with Crippen LogP contribution in [-0.4, -0.2) is 29.1 Å². The van der Waals surface area contributed by atoms with Crippen LogP contribution in [0.1, 0.15) is 0 Å². The third-order valence-corrected chi connectivity index (χ3v) is 5.35. The van der Waals surface area contributed by atoms with E-state index in [1.807, 2.05) is 6.07 Å². The summed E-state index contributed by atoms with van der Waals surface area (Å²) in [6, 6.07) is 12.0. The largest absolute Gasteiger partial charge is 0.241 e. The molecule has 0 amide bonds. The van der Waals surface area contributed by atoms with Crippen molar-refractivity contribution >= 4 is 40.5 Å². The van der Waals surface area contributed by atoms with Gasteiger partial charge in [0.05, 0.1) is 10.6 Å². The molecule has 0 aliphatic heterocycles. The maximum atomic E-state index is 12.2. The van der Waals surface area contributed by atoms with Gasteiger partial charge in [0.15, 0.2) is 0 Å². The first-order valence-corrected chi connectivity index (χ1v) is 9.65. The lowest BCUT2D eigenvalue weighted by Crippen LogP contribution is -2.28. The van der Waals surface area contributed by atoms with Crippen LogP contribution in [0.5, 0.6) is 0 Å². The molecule has 0 bridgehead atoms. The molecule has 0 spiro atoms. The maximum absolute atomic E-state index is 12.2. The Kier molecular flexibility index (Phi) is 4.33. The Morgan fingerprint density at radius 2 is 1.60 bits per heavy atom. The van der Waals surface area contributed by atoms with Gasteiger partial charge in [-0.2, -0.15) is 0 Å². The zero-order chi connectivity index (χ0) is 14.8. The zero-order valence-corrected chi connectivity index (χ0v) is 12.7. The summed E-state index contributed by atoms with van der Waals surface area (Å²) in [4.78, 5) is 0.113. The third kappa shape index (κ3) is 3.69. The van der Waals surface area contributed by atoms with Crippen molar-refractivity contribution < 1.29 is 16.8 Å². The molecule has 5 nitrogen and oxygen atoms in total. The smallest absolute Gasteiger partial charge is 0.212 e. The highest BCUT2D eigenvalue weighted by Gasteiger charge is 2.17. The molecule has 0 aromatic heterocycles. The maximum Gasteiger partial charge on any atom is 0.241 e. The minimum absolute atomic E-state index is 0.113. The van der Waals surface area contributed by atoms with Crippen molar-refractivity contribution in [3.63, 3.8) is 0 Å². The predicted molar refractivity (Wildman–Crippen MR) is 78.8 cm³/mol. The number of hydrogen-bond acceptors (Lipinski definition) is 4. The van der Waals surface area contributed by atoms with Crippen LogP contribution < -0.4 is 4.72 Å². The van der Waals surface area contributed by atoms with Crippen molar-refractivity contribution in [2.24, 2.45) is 0 Å². The fraction of sp³-hybridized carbons (Fsp3) is 0.167. The average Bonchev–Trinajstić information content (AvgIpc) is 2.36. The van der Waals surface area contributed by atoms with E-state index in [1.54, 1.807) is 30.3 Å². The standard InChI is InChI=1S/C12H12ClNO4S2/c13-19(15,16)9-8-14-20(17,18)12-7-3-5-10-4-1-2-6-11(10)12/h1-7,14H,8-9H2. The lowest BCUT2D eigenvalue weighted by molar-refractivity contribution is 0.583. The van der Waals surface area contributed by atoms with Crippen molar-refractivity contribution in [3.05, 3.63) is 42.5 Å². The molecule has 2 aromatic rings. The average molecular weight is 334 g/mol. The summed E-state index contributed by atoms with van der Waals surface area (Å²) in [5.74, 6) is -0.460. The van der Waals surface area contributed by atoms with Crippen molar-refractivity contribution in [2.45, 2.75) is 4.90 Å². The number of nitrogens with one attached hydrogen (secondary N) is 1. The molecule has 0 unspecified atom stereocenters. The monoisotopic (exact) mass is 333 g/mol. The SMILES string of the molecule is O=S(=O)(Cl)CCNS(=O)(=O)c1cccc2ccccc12. The third-order valence-electron chi connectivity index (χ3n) is 2.68. The van der Waals surface area contributed by atoms with Gasteiger partial charge in [-0.1, -0.05) is 36.4 Å². The summed E-state index contributed by atoms with van der Waals surface area (Å²) in [7, 11) is -2.47. The van der Waals surface area contributed by atoms with Gasteiger partial charge in [-0.15, -0.1) is 0 Å². The van der Waals surface area contributed by atoms with Gasteiger partial charge in [0.2, 0.25) is 19.1 Å². The van der Waals surface area contributed by atoms with E-state index >= 15 is 0 Å². The molecule has 8 heteroatoms. The van der Waals surface area contributed by atoms with Crippen molar-refractivity contribution in [1.29, 1.82) is 0 Å². The van der Waals surface area contributed by atoms with E-state index in [0.717, 1.165) is 5.39 Å². The van der Waals surface area contributed by atoms with Gasteiger partial charge in [0.25, 0.3) is 0 Å². The van der Waals surface area contributed by atoms with E-state index in [0.29, 0.717) is 5.39 Å². The van der Waals surface area contributed by atoms with Crippen LogP contribution >= 0.6 is 10.7 Å². The normalized spacial score (nSPS) is 12.7. The molecule has 108 valence electrons. The minimum Gasteiger partial charge on any atom is -0.212 e. The van der Waals surface area contributed by atoms with E-state index < -0.39 is 24.8 Å². The van der Waals surface area contributed by atoms with Crippen LogP contribution in [0.15, 0.2) is 47.4 Å².